The zero-order valence-electron chi connectivity index (χ0n) is 23.0. The largest absolute Gasteiger partial charge is 0.357 e. The number of benzene rings is 1. The van der Waals surface area contributed by atoms with Crippen LogP contribution in [-0.4, -0.2) is 45.5 Å². The molecule has 40 heavy (non-hydrogen) atoms. The highest BCUT2D eigenvalue weighted by atomic mass is 32.1. The van der Waals surface area contributed by atoms with Gasteiger partial charge in [-0.05, 0) is 50.5 Å². The predicted molar refractivity (Wildman–Crippen MR) is 162 cm³/mol. The predicted octanol–water partition coefficient (Wildman–Crippen LogP) is 5.96. The van der Waals surface area contributed by atoms with Gasteiger partial charge >= 0.3 is 0 Å². The Kier molecular flexibility index (Phi) is 6.96. The van der Waals surface area contributed by atoms with E-state index in [1.165, 1.54) is 16.9 Å². The number of imidazole rings is 1. The minimum Gasteiger partial charge on any atom is -0.357 e. The van der Waals surface area contributed by atoms with Gasteiger partial charge in [0.1, 0.15) is 33.9 Å². The number of pyridine rings is 2. The second-order valence-electron chi connectivity index (χ2n) is 10.3. The lowest BCUT2D eigenvalue weighted by molar-refractivity contribution is 0.498. The molecule has 0 bridgehead atoms. The quantitative estimate of drug-likeness (QED) is 0.280. The van der Waals surface area contributed by atoms with Crippen LogP contribution in [0.2, 0.25) is 0 Å². The van der Waals surface area contributed by atoms with E-state index in [9.17, 15) is 5.26 Å². The maximum Gasteiger partial charge on any atom is 0.192 e. The summed E-state index contributed by atoms with van der Waals surface area (Å²) in [4.78, 5) is 19.6. The number of hydrogen-bond donors (Lipinski definition) is 1. The number of rotatable bonds is 6. The Morgan fingerprint density at radius 1 is 1.02 bits per heavy atom. The lowest BCUT2D eigenvalue weighted by Crippen LogP contribution is -2.40. The van der Waals surface area contributed by atoms with Crippen LogP contribution in [0, 0.1) is 18.3 Å². The van der Waals surface area contributed by atoms with E-state index in [0.717, 1.165) is 77.2 Å². The van der Waals surface area contributed by atoms with Crippen LogP contribution in [0.4, 0.5) is 16.8 Å². The van der Waals surface area contributed by atoms with Crippen LogP contribution in [0.1, 0.15) is 35.9 Å². The van der Waals surface area contributed by atoms with E-state index in [4.69, 9.17) is 20.7 Å². The summed E-state index contributed by atoms with van der Waals surface area (Å²) in [5, 5.41) is 10.6. The van der Waals surface area contributed by atoms with Gasteiger partial charge in [0.05, 0.1) is 5.69 Å². The number of nitrogens with two attached hydrogens (primary N) is 1. The standard InChI is InChI=1S/C31H32N8S/c1-4-25-30(37(3)31-36-29(26(17-32)40-31)21-7-5-20(2)6-8-21)39-19-23(10-12-28(39)35-25)22-9-11-27(34-18-22)38-15-13-24(33)14-16-38/h5-12,18-19,24H,4,13-16,33H2,1-3H3. The molecule has 0 saturated carbocycles. The smallest absolute Gasteiger partial charge is 0.192 e. The van der Waals surface area contributed by atoms with Crippen LogP contribution < -0.4 is 15.5 Å². The molecule has 5 aromatic rings. The van der Waals surface area contributed by atoms with Gasteiger partial charge in [0, 0.05) is 55.3 Å². The third-order valence-electron chi connectivity index (χ3n) is 7.59. The summed E-state index contributed by atoms with van der Waals surface area (Å²) in [6, 6.07) is 19.1. The van der Waals surface area contributed by atoms with E-state index in [0.29, 0.717) is 16.6 Å². The minimum absolute atomic E-state index is 0.294. The molecule has 0 radical (unpaired) electrons. The zero-order valence-corrected chi connectivity index (χ0v) is 23.8. The normalized spacial score (nSPS) is 14.0. The van der Waals surface area contributed by atoms with Gasteiger partial charge in [0.15, 0.2) is 5.13 Å². The second-order valence-corrected chi connectivity index (χ2v) is 11.3. The zero-order chi connectivity index (χ0) is 27.8. The lowest BCUT2D eigenvalue weighted by atomic mass is 10.1. The highest BCUT2D eigenvalue weighted by Crippen LogP contribution is 2.37. The Hall–Kier alpha value is -4.26. The molecule has 202 valence electrons. The third-order valence-corrected chi connectivity index (χ3v) is 8.63. The molecule has 6 rings (SSSR count). The first kappa shape index (κ1) is 26.0. The van der Waals surface area contributed by atoms with Gasteiger partial charge in [0.2, 0.25) is 0 Å². The van der Waals surface area contributed by atoms with E-state index in [1.54, 1.807) is 0 Å². The Morgan fingerprint density at radius 2 is 1.75 bits per heavy atom. The van der Waals surface area contributed by atoms with E-state index >= 15 is 0 Å². The number of fused-ring (bicyclic) bond motifs is 1. The summed E-state index contributed by atoms with van der Waals surface area (Å²) in [6.45, 7) is 6.05. The van der Waals surface area contributed by atoms with E-state index in [2.05, 4.69) is 53.6 Å². The van der Waals surface area contributed by atoms with Crippen molar-refractivity contribution in [2.24, 2.45) is 5.73 Å². The molecule has 1 saturated heterocycles. The highest BCUT2D eigenvalue weighted by molar-refractivity contribution is 7.16. The molecule has 4 aromatic heterocycles. The first-order valence-electron chi connectivity index (χ1n) is 13.6. The number of thiazole rings is 1. The van der Waals surface area contributed by atoms with E-state index in [-0.39, 0.29) is 0 Å². The highest BCUT2D eigenvalue weighted by Gasteiger charge is 2.22. The van der Waals surface area contributed by atoms with E-state index < -0.39 is 0 Å². The number of aryl methyl sites for hydroxylation is 2. The molecule has 2 N–H and O–H groups in total. The van der Waals surface area contributed by atoms with Crippen LogP contribution in [0.25, 0.3) is 28.0 Å². The van der Waals surface area contributed by atoms with Crippen molar-refractivity contribution >= 4 is 33.8 Å². The second kappa shape index (κ2) is 10.7. The molecule has 1 fully saturated rings. The molecule has 8 nitrogen and oxygen atoms in total. The topological polar surface area (TPSA) is 99.4 Å². The van der Waals surface area contributed by atoms with Gasteiger partial charge in [-0.2, -0.15) is 5.26 Å². The minimum atomic E-state index is 0.294. The molecule has 0 amide bonds. The van der Waals surface area contributed by atoms with Crippen molar-refractivity contribution < 1.29 is 0 Å². The number of nitriles is 1. The SMILES string of the molecule is CCc1nc2ccc(-c3ccc(N4CCC(N)CC4)nc3)cn2c1N(C)c1nc(-c2ccc(C)cc2)c(C#N)s1. The van der Waals surface area contributed by atoms with Crippen molar-refractivity contribution in [3.05, 3.63) is 77.1 Å². The summed E-state index contributed by atoms with van der Waals surface area (Å²) in [6.07, 6.45) is 6.83. The van der Waals surface area contributed by atoms with Crippen molar-refractivity contribution in [2.75, 3.05) is 29.9 Å². The number of anilines is 3. The van der Waals surface area contributed by atoms with Crippen molar-refractivity contribution in [3.63, 3.8) is 0 Å². The first-order valence-corrected chi connectivity index (χ1v) is 14.5. The monoisotopic (exact) mass is 548 g/mol. The number of nitrogens with zero attached hydrogens (tertiary/aromatic N) is 7. The molecular formula is C31H32N8S. The van der Waals surface area contributed by atoms with Gasteiger partial charge in [-0.25, -0.2) is 15.0 Å². The van der Waals surface area contributed by atoms with E-state index in [1.807, 2.05) is 48.5 Å². The molecule has 0 atom stereocenters. The van der Waals surface area contributed by atoms with Gasteiger partial charge in [-0.3, -0.25) is 4.40 Å². The Labute approximate surface area is 238 Å². The molecule has 5 heterocycles. The van der Waals surface area contributed by atoms with Crippen LogP contribution in [0.3, 0.4) is 0 Å². The van der Waals surface area contributed by atoms with Crippen molar-refractivity contribution in [1.82, 2.24) is 19.4 Å². The molecule has 1 aromatic carbocycles. The molecule has 1 aliphatic rings. The fourth-order valence-corrected chi connectivity index (χ4v) is 6.09. The fraction of sp³-hybridized carbons (Fsp3) is 0.290. The molecule has 0 spiro atoms. The summed E-state index contributed by atoms with van der Waals surface area (Å²) in [5.74, 6) is 1.94. The van der Waals surface area contributed by atoms with Gasteiger partial charge < -0.3 is 15.5 Å². The lowest BCUT2D eigenvalue weighted by Gasteiger charge is -2.31. The molecule has 0 unspecified atom stereocenters. The van der Waals surface area contributed by atoms with Crippen LogP contribution in [0.5, 0.6) is 0 Å². The average molecular weight is 549 g/mol. The summed E-state index contributed by atoms with van der Waals surface area (Å²) < 4.78 is 2.12. The Balaban J connectivity index is 1.35. The summed E-state index contributed by atoms with van der Waals surface area (Å²) >= 11 is 1.40. The Morgan fingerprint density at radius 3 is 2.42 bits per heavy atom. The van der Waals surface area contributed by atoms with Crippen molar-refractivity contribution in [1.29, 1.82) is 5.26 Å². The summed E-state index contributed by atoms with van der Waals surface area (Å²) in [5.41, 5.74) is 12.8. The number of aromatic nitrogens is 4. The molecular weight excluding hydrogens is 516 g/mol. The third kappa shape index (κ3) is 4.81. The molecule has 0 aliphatic carbocycles. The maximum atomic E-state index is 9.88. The van der Waals surface area contributed by atoms with Crippen molar-refractivity contribution in [2.45, 2.75) is 39.2 Å². The Bertz CT molecular complexity index is 1690. The fourth-order valence-electron chi connectivity index (χ4n) is 5.24. The number of hydrogen-bond acceptors (Lipinski definition) is 8. The number of piperidine rings is 1. The van der Waals surface area contributed by atoms with Gasteiger partial charge in [-0.15, -0.1) is 0 Å². The molecule has 1 aliphatic heterocycles. The van der Waals surface area contributed by atoms with Crippen LogP contribution in [-0.2, 0) is 6.42 Å². The van der Waals surface area contributed by atoms with Gasteiger partial charge in [-0.1, -0.05) is 48.1 Å². The summed E-state index contributed by atoms with van der Waals surface area (Å²) in [7, 11) is 2.00. The van der Waals surface area contributed by atoms with Crippen LogP contribution >= 0.6 is 11.3 Å². The first-order chi connectivity index (χ1) is 19.4. The van der Waals surface area contributed by atoms with Crippen molar-refractivity contribution in [3.8, 4) is 28.5 Å². The van der Waals surface area contributed by atoms with Crippen LogP contribution in [0.15, 0.2) is 60.9 Å². The maximum absolute atomic E-state index is 9.88. The molecule has 9 heteroatoms. The van der Waals surface area contributed by atoms with Gasteiger partial charge in [0.25, 0.3) is 0 Å². The average Bonchev–Trinajstić information content (AvgIpc) is 3.59.